The fourth-order valence-electron chi connectivity index (χ4n) is 1.78. The van der Waals surface area contributed by atoms with Gasteiger partial charge in [0.25, 0.3) is 5.69 Å². The Morgan fingerprint density at radius 1 is 1.57 bits per heavy atom. The molecule has 1 aromatic carbocycles. The number of nitro groups is 1. The first-order valence-corrected chi connectivity index (χ1v) is 7.19. The van der Waals surface area contributed by atoms with Crippen LogP contribution in [0.4, 0.5) is 5.69 Å². The van der Waals surface area contributed by atoms with E-state index in [4.69, 9.17) is 4.74 Å². The predicted molar refractivity (Wildman–Crippen MR) is 82.9 cm³/mol. The van der Waals surface area contributed by atoms with Gasteiger partial charge in [-0.1, -0.05) is 22.0 Å². The van der Waals surface area contributed by atoms with Crippen molar-refractivity contribution in [2.24, 2.45) is 0 Å². The van der Waals surface area contributed by atoms with Gasteiger partial charge in [0, 0.05) is 29.7 Å². The largest absolute Gasteiger partial charge is 0.465 e. The number of non-ortho nitro benzene ring substituents is 1. The second-order valence-electron chi connectivity index (χ2n) is 4.30. The summed E-state index contributed by atoms with van der Waals surface area (Å²) in [6.07, 6.45) is 1.69. The molecule has 7 heteroatoms. The van der Waals surface area contributed by atoms with E-state index < -0.39 is 4.92 Å². The van der Waals surface area contributed by atoms with E-state index in [1.54, 1.807) is 19.1 Å². The van der Waals surface area contributed by atoms with Crippen LogP contribution in [0, 0.1) is 10.1 Å². The molecule has 0 atom stereocenters. The highest BCUT2D eigenvalue weighted by atomic mass is 79.9. The molecule has 0 N–H and O–H groups in total. The van der Waals surface area contributed by atoms with Gasteiger partial charge in [0.05, 0.1) is 18.1 Å². The minimum Gasteiger partial charge on any atom is -0.465 e. The number of carbonyl (C=O) groups excluding carboxylic acids is 1. The molecule has 0 fully saturated rings. The zero-order chi connectivity index (χ0) is 15.8. The van der Waals surface area contributed by atoms with Gasteiger partial charge in [-0.25, -0.2) is 0 Å². The van der Waals surface area contributed by atoms with E-state index in [2.05, 4.69) is 22.5 Å². The van der Waals surface area contributed by atoms with E-state index in [1.165, 1.54) is 12.1 Å². The normalized spacial score (nSPS) is 10.4. The molecule has 0 radical (unpaired) electrons. The fraction of sp³-hybridized carbons (Fsp3) is 0.357. The second-order valence-corrected chi connectivity index (χ2v) is 5.15. The number of hydrogen-bond donors (Lipinski definition) is 0. The molecule has 0 unspecified atom stereocenters. The van der Waals surface area contributed by atoms with Crippen molar-refractivity contribution >= 4 is 27.6 Å². The third-order valence-corrected chi connectivity index (χ3v) is 3.42. The zero-order valence-electron chi connectivity index (χ0n) is 11.8. The summed E-state index contributed by atoms with van der Waals surface area (Å²) in [7, 11) is 0. The number of ether oxygens (including phenoxy) is 1. The van der Waals surface area contributed by atoms with Gasteiger partial charge in [-0.2, -0.15) is 0 Å². The topological polar surface area (TPSA) is 72.7 Å². The Bertz CT molecular complexity index is 534. The van der Waals surface area contributed by atoms with Crippen molar-refractivity contribution in [3.63, 3.8) is 0 Å². The maximum Gasteiger partial charge on any atom is 0.320 e. The van der Waals surface area contributed by atoms with Crippen LogP contribution in [0.1, 0.15) is 12.5 Å². The molecule has 0 aliphatic carbocycles. The molecule has 0 aliphatic heterocycles. The third kappa shape index (κ3) is 5.65. The lowest BCUT2D eigenvalue weighted by Gasteiger charge is -2.20. The van der Waals surface area contributed by atoms with Crippen LogP contribution in [0.25, 0.3) is 0 Å². The fourth-order valence-corrected chi connectivity index (χ4v) is 2.27. The minimum atomic E-state index is -0.450. The number of carbonyl (C=O) groups is 1. The molecule has 0 spiro atoms. The van der Waals surface area contributed by atoms with E-state index in [-0.39, 0.29) is 18.2 Å². The van der Waals surface area contributed by atoms with Gasteiger partial charge in [0.2, 0.25) is 0 Å². The molecule has 0 aromatic heterocycles. The Balaban J connectivity index is 2.81. The lowest BCUT2D eigenvalue weighted by atomic mass is 10.2. The third-order valence-electron chi connectivity index (χ3n) is 2.69. The highest BCUT2D eigenvalue weighted by Gasteiger charge is 2.14. The van der Waals surface area contributed by atoms with E-state index in [1.807, 2.05) is 4.90 Å². The van der Waals surface area contributed by atoms with Crippen LogP contribution in [-0.2, 0) is 16.1 Å². The van der Waals surface area contributed by atoms with E-state index >= 15 is 0 Å². The maximum atomic E-state index is 11.5. The quantitative estimate of drug-likeness (QED) is 0.310. The average molecular weight is 357 g/mol. The number of esters is 1. The van der Waals surface area contributed by atoms with Crippen molar-refractivity contribution < 1.29 is 14.5 Å². The number of benzene rings is 1. The summed E-state index contributed by atoms with van der Waals surface area (Å²) in [4.78, 5) is 23.6. The summed E-state index contributed by atoms with van der Waals surface area (Å²) >= 11 is 3.32. The number of rotatable bonds is 8. The molecule has 0 amide bonds. The molecule has 114 valence electrons. The van der Waals surface area contributed by atoms with Gasteiger partial charge >= 0.3 is 5.97 Å². The Morgan fingerprint density at radius 2 is 2.29 bits per heavy atom. The molecule has 21 heavy (non-hydrogen) atoms. The van der Waals surface area contributed by atoms with E-state index in [0.29, 0.717) is 24.2 Å². The lowest BCUT2D eigenvalue weighted by Crippen LogP contribution is -2.31. The van der Waals surface area contributed by atoms with Crippen LogP contribution in [0.5, 0.6) is 0 Å². The van der Waals surface area contributed by atoms with Crippen LogP contribution in [0.15, 0.2) is 35.3 Å². The summed E-state index contributed by atoms with van der Waals surface area (Å²) in [5.41, 5.74) is 0.873. The first-order chi connectivity index (χ1) is 9.97. The molecular weight excluding hydrogens is 340 g/mol. The summed E-state index contributed by atoms with van der Waals surface area (Å²) in [5.74, 6) is -0.308. The van der Waals surface area contributed by atoms with Crippen LogP contribution in [-0.4, -0.2) is 35.5 Å². The van der Waals surface area contributed by atoms with Crippen molar-refractivity contribution in [1.82, 2.24) is 4.90 Å². The lowest BCUT2D eigenvalue weighted by molar-refractivity contribution is -0.384. The number of nitrogens with zero attached hydrogens (tertiary/aromatic N) is 2. The molecule has 0 saturated carbocycles. The number of hydrogen-bond acceptors (Lipinski definition) is 5. The Hall–Kier alpha value is -1.73. The summed E-state index contributed by atoms with van der Waals surface area (Å²) in [6, 6.07) is 4.56. The first-order valence-electron chi connectivity index (χ1n) is 6.39. The van der Waals surface area contributed by atoms with Crippen LogP contribution >= 0.6 is 15.9 Å². The van der Waals surface area contributed by atoms with Gasteiger partial charge in [-0.3, -0.25) is 19.8 Å². The van der Waals surface area contributed by atoms with Crippen molar-refractivity contribution in [1.29, 1.82) is 0 Å². The van der Waals surface area contributed by atoms with Crippen molar-refractivity contribution in [3.8, 4) is 0 Å². The van der Waals surface area contributed by atoms with Crippen molar-refractivity contribution in [3.05, 3.63) is 51.0 Å². The van der Waals surface area contributed by atoms with Gasteiger partial charge < -0.3 is 4.74 Å². The predicted octanol–water partition coefficient (Wildman–Crippen LogP) is 2.91. The molecule has 1 rings (SSSR count). The molecular formula is C14H17BrN2O4. The van der Waals surface area contributed by atoms with Crippen LogP contribution in [0.3, 0.4) is 0 Å². The van der Waals surface area contributed by atoms with Crippen molar-refractivity contribution in [2.75, 3.05) is 19.7 Å². The maximum absolute atomic E-state index is 11.5. The van der Waals surface area contributed by atoms with Gasteiger partial charge in [-0.05, 0) is 18.6 Å². The molecule has 0 aliphatic rings. The summed E-state index contributed by atoms with van der Waals surface area (Å²) < 4.78 is 5.56. The summed E-state index contributed by atoms with van der Waals surface area (Å²) in [5, 5.41) is 10.7. The Kier molecular flexibility index (Phi) is 7.04. The van der Waals surface area contributed by atoms with Gasteiger partial charge in [0.15, 0.2) is 0 Å². The highest BCUT2D eigenvalue weighted by molar-refractivity contribution is 9.10. The minimum absolute atomic E-state index is 0.0197. The van der Waals surface area contributed by atoms with Crippen LogP contribution in [0.2, 0.25) is 0 Å². The Morgan fingerprint density at radius 3 is 2.81 bits per heavy atom. The SMILES string of the molecule is C=CCN(CC(=O)OCC)Cc1ccc([N+](=O)[O-])cc1Br. The van der Waals surface area contributed by atoms with Gasteiger partial charge in [0.1, 0.15) is 0 Å². The first kappa shape index (κ1) is 17.3. The van der Waals surface area contributed by atoms with E-state index in [9.17, 15) is 14.9 Å². The second kappa shape index (κ2) is 8.53. The zero-order valence-corrected chi connectivity index (χ0v) is 13.3. The molecule has 1 aromatic rings. The highest BCUT2D eigenvalue weighted by Crippen LogP contribution is 2.24. The number of halogens is 1. The average Bonchev–Trinajstić information content (AvgIpc) is 2.41. The molecule has 0 saturated heterocycles. The van der Waals surface area contributed by atoms with Gasteiger partial charge in [-0.15, -0.1) is 6.58 Å². The molecule has 0 heterocycles. The molecule has 0 bridgehead atoms. The number of nitro benzene ring substituents is 1. The summed E-state index contributed by atoms with van der Waals surface area (Å²) in [6.45, 7) is 6.87. The standard InChI is InChI=1S/C14H17BrN2O4/c1-3-7-16(10-14(18)21-4-2)9-11-5-6-12(17(19)20)8-13(11)15/h3,5-6,8H,1,4,7,9-10H2,2H3. The van der Waals surface area contributed by atoms with Crippen LogP contribution < -0.4 is 0 Å². The van der Waals surface area contributed by atoms with E-state index in [0.717, 1.165) is 5.56 Å². The Labute approximate surface area is 131 Å². The molecule has 6 nitrogen and oxygen atoms in total. The smallest absolute Gasteiger partial charge is 0.320 e. The monoisotopic (exact) mass is 356 g/mol. The van der Waals surface area contributed by atoms with Crippen molar-refractivity contribution in [2.45, 2.75) is 13.5 Å².